The summed E-state index contributed by atoms with van der Waals surface area (Å²) in [5, 5.41) is 7.79. The van der Waals surface area contributed by atoms with Crippen LogP contribution in [0.3, 0.4) is 0 Å². The first-order valence-electron chi connectivity index (χ1n) is 10.9. The van der Waals surface area contributed by atoms with Crippen LogP contribution in [0.2, 0.25) is 0 Å². The van der Waals surface area contributed by atoms with Gasteiger partial charge in [0.2, 0.25) is 0 Å². The number of aromatic nitrogens is 2. The third-order valence-electron chi connectivity index (χ3n) is 5.97. The maximum Gasteiger partial charge on any atom is 0.255 e. The Hall–Kier alpha value is -2.99. The lowest BCUT2D eigenvalue weighted by Crippen LogP contribution is -2.33. The number of nitrogens with one attached hydrogen (secondary N) is 1. The molecule has 3 aromatic rings. The Morgan fingerprint density at radius 2 is 1.87 bits per heavy atom. The lowest BCUT2D eigenvalue weighted by atomic mass is 10.1. The number of nitrogens with zero attached hydrogens (tertiary/aromatic N) is 3. The fourth-order valence-electron chi connectivity index (χ4n) is 4.02. The SMILES string of the molecule is Cc1ccc(-c2nn(-c3ccc(F)cc3)cc2C(=O)NCC2CCN(C(C)C)C2)cc1. The first-order chi connectivity index (χ1) is 14.9. The Labute approximate surface area is 182 Å². The van der Waals surface area contributed by atoms with Gasteiger partial charge < -0.3 is 10.2 Å². The van der Waals surface area contributed by atoms with Gasteiger partial charge >= 0.3 is 0 Å². The van der Waals surface area contributed by atoms with Crippen LogP contribution in [0, 0.1) is 18.7 Å². The van der Waals surface area contributed by atoms with Crippen LogP contribution in [0.4, 0.5) is 4.39 Å². The first-order valence-corrected chi connectivity index (χ1v) is 10.9. The number of amides is 1. The Morgan fingerprint density at radius 1 is 1.16 bits per heavy atom. The molecule has 0 spiro atoms. The molecule has 1 atom stereocenters. The van der Waals surface area contributed by atoms with Crippen molar-refractivity contribution in [3.8, 4) is 16.9 Å². The zero-order valence-electron chi connectivity index (χ0n) is 18.3. The molecule has 1 aromatic heterocycles. The van der Waals surface area contributed by atoms with Gasteiger partial charge in [0.25, 0.3) is 5.91 Å². The maximum atomic E-state index is 13.3. The van der Waals surface area contributed by atoms with Gasteiger partial charge in [-0.2, -0.15) is 5.10 Å². The molecular weight excluding hydrogens is 391 g/mol. The van der Waals surface area contributed by atoms with E-state index in [2.05, 4.69) is 29.2 Å². The van der Waals surface area contributed by atoms with Crippen molar-refractivity contribution in [1.29, 1.82) is 0 Å². The molecule has 0 bridgehead atoms. The molecule has 162 valence electrons. The molecule has 5 nitrogen and oxygen atoms in total. The number of rotatable bonds is 6. The van der Waals surface area contributed by atoms with Crippen molar-refractivity contribution < 1.29 is 9.18 Å². The van der Waals surface area contributed by atoms with Crippen molar-refractivity contribution in [2.45, 2.75) is 33.2 Å². The van der Waals surface area contributed by atoms with Crippen LogP contribution in [-0.4, -0.2) is 46.3 Å². The second-order valence-electron chi connectivity index (χ2n) is 8.63. The molecular formula is C25H29FN4O. The molecule has 0 aliphatic carbocycles. The van der Waals surface area contributed by atoms with Gasteiger partial charge in [-0.1, -0.05) is 29.8 Å². The summed E-state index contributed by atoms with van der Waals surface area (Å²) in [5.74, 6) is 0.0212. The molecule has 2 aromatic carbocycles. The molecule has 1 aliphatic rings. The van der Waals surface area contributed by atoms with Crippen LogP contribution >= 0.6 is 0 Å². The van der Waals surface area contributed by atoms with E-state index in [0.717, 1.165) is 30.6 Å². The van der Waals surface area contributed by atoms with Gasteiger partial charge in [0, 0.05) is 30.9 Å². The molecule has 1 amide bonds. The number of hydrogen-bond acceptors (Lipinski definition) is 3. The fraction of sp³-hybridized carbons (Fsp3) is 0.360. The Kier molecular flexibility index (Phi) is 6.18. The highest BCUT2D eigenvalue weighted by Crippen LogP contribution is 2.25. The van der Waals surface area contributed by atoms with Crippen molar-refractivity contribution in [3.63, 3.8) is 0 Å². The minimum Gasteiger partial charge on any atom is -0.352 e. The molecule has 2 heterocycles. The predicted octanol–water partition coefficient (Wildman–Crippen LogP) is 4.45. The molecule has 1 aliphatic heterocycles. The number of carbonyl (C=O) groups is 1. The Balaban J connectivity index is 1.58. The number of benzene rings is 2. The molecule has 0 radical (unpaired) electrons. The van der Waals surface area contributed by atoms with Crippen LogP contribution in [0.15, 0.2) is 54.7 Å². The lowest BCUT2D eigenvalue weighted by molar-refractivity contribution is 0.0947. The topological polar surface area (TPSA) is 50.2 Å². The molecule has 1 fully saturated rings. The number of likely N-dealkylation sites (tertiary alicyclic amines) is 1. The van der Waals surface area contributed by atoms with E-state index in [-0.39, 0.29) is 11.7 Å². The summed E-state index contributed by atoms with van der Waals surface area (Å²) in [5.41, 5.74) is 3.87. The average molecular weight is 421 g/mol. The highest BCUT2D eigenvalue weighted by atomic mass is 19.1. The minimum atomic E-state index is -0.306. The summed E-state index contributed by atoms with van der Waals surface area (Å²) >= 11 is 0. The van der Waals surface area contributed by atoms with Gasteiger partial charge in [0.05, 0.1) is 11.3 Å². The van der Waals surface area contributed by atoms with Gasteiger partial charge in [-0.3, -0.25) is 4.79 Å². The lowest BCUT2D eigenvalue weighted by Gasteiger charge is -2.20. The van der Waals surface area contributed by atoms with E-state index in [9.17, 15) is 9.18 Å². The number of halogens is 1. The molecule has 0 saturated carbocycles. The molecule has 1 N–H and O–H groups in total. The van der Waals surface area contributed by atoms with Crippen molar-refractivity contribution in [3.05, 3.63) is 71.7 Å². The molecule has 1 unspecified atom stereocenters. The standard InChI is InChI=1S/C25H29FN4O/c1-17(2)29-13-12-19(15-29)14-27-25(31)23-16-30(22-10-8-21(26)9-11-22)28-24(23)20-6-4-18(3)5-7-20/h4-11,16-17,19H,12-15H2,1-3H3,(H,27,31). The van der Waals surface area contributed by atoms with Gasteiger partial charge in [-0.15, -0.1) is 0 Å². The summed E-state index contributed by atoms with van der Waals surface area (Å²) in [6.45, 7) is 9.18. The van der Waals surface area contributed by atoms with E-state index >= 15 is 0 Å². The van der Waals surface area contributed by atoms with E-state index in [1.54, 1.807) is 23.0 Å². The second kappa shape index (κ2) is 9.02. The molecule has 6 heteroatoms. The van der Waals surface area contributed by atoms with Crippen molar-refractivity contribution in [1.82, 2.24) is 20.0 Å². The second-order valence-corrected chi connectivity index (χ2v) is 8.63. The number of carbonyl (C=O) groups excluding carboxylic acids is 1. The summed E-state index contributed by atoms with van der Waals surface area (Å²) in [4.78, 5) is 15.6. The summed E-state index contributed by atoms with van der Waals surface area (Å²) in [7, 11) is 0. The van der Waals surface area contributed by atoms with Gasteiger partial charge in [-0.05, 0) is 63.9 Å². The number of hydrogen-bond donors (Lipinski definition) is 1. The Bertz CT molecular complexity index is 1040. The minimum absolute atomic E-state index is 0.132. The van der Waals surface area contributed by atoms with Crippen LogP contribution in [0.25, 0.3) is 16.9 Å². The zero-order chi connectivity index (χ0) is 22.0. The van der Waals surface area contributed by atoms with Crippen LogP contribution in [0.5, 0.6) is 0 Å². The van der Waals surface area contributed by atoms with Crippen LogP contribution in [0.1, 0.15) is 36.2 Å². The van der Waals surface area contributed by atoms with Crippen LogP contribution in [-0.2, 0) is 0 Å². The van der Waals surface area contributed by atoms with E-state index in [1.165, 1.54) is 12.1 Å². The summed E-state index contributed by atoms with van der Waals surface area (Å²) in [6, 6.07) is 14.6. The van der Waals surface area contributed by atoms with E-state index in [4.69, 9.17) is 0 Å². The third kappa shape index (κ3) is 4.85. The van der Waals surface area contributed by atoms with Gasteiger partial charge in [-0.25, -0.2) is 9.07 Å². The van der Waals surface area contributed by atoms with Gasteiger partial charge in [0.1, 0.15) is 11.5 Å². The van der Waals surface area contributed by atoms with Gasteiger partial charge in [0.15, 0.2) is 0 Å². The first kappa shape index (κ1) is 21.2. The largest absolute Gasteiger partial charge is 0.352 e. The van der Waals surface area contributed by atoms with Crippen molar-refractivity contribution in [2.75, 3.05) is 19.6 Å². The predicted molar refractivity (Wildman–Crippen MR) is 121 cm³/mol. The molecule has 31 heavy (non-hydrogen) atoms. The third-order valence-corrected chi connectivity index (χ3v) is 5.97. The smallest absolute Gasteiger partial charge is 0.255 e. The quantitative estimate of drug-likeness (QED) is 0.641. The average Bonchev–Trinajstić information content (AvgIpc) is 3.41. The highest BCUT2D eigenvalue weighted by molar-refractivity contribution is 5.99. The van der Waals surface area contributed by atoms with E-state index in [0.29, 0.717) is 35.4 Å². The number of aryl methyl sites for hydroxylation is 1. The molecule has 4 rings (SSSR count). The van der Waals surface area contributed by atoms with Crippen molar-refractivity contribution in [2.24, 2.45) is 5.92 Å². The molecule has 1 saturated heterocycles. The van der Waals surface area contributed by atoms with Crippen LogP contribution < -0.4 is 5.32 Å². The maximum absolute atomic E-state index is 13.3. The summed E-state index contributed by atoms with van der Waals surface area (Å²) in [6.07, 6.45) is 2.82. The van der Waals surface area contributed by atoms with E-state index < -0.39 is 0 Å². The monoisotopic (exact) mass is 420 g/mol. The normalized spacial score (nSPS) is 16.7. The highest BCUT2D eigenvalue weighted by Gasteiger charge is 2.25. The zero-order valence-corrected chi connectivity index (χ0v) is 18.3. The van der Waals surface area contributed by atoms with Crippen molar-refractivity contribution >= 4 is 5.91 Å². The fourth-order valence-corrected chi connectivity index (χ4v) is 4.02. The Morgan fingerprint density at radius 3 is 2.52 bits per heavy atom. The summed E-state index contributed by atoms with van der Waals surface area (Å²) < 4.78 is 15.0. The van der Waals surface area contributed by atoms with E-state index in [1.807, 2.05) is 31.2 Å².